The normalized spacial score (nSPS) is 15.8. The number of hydrogen-bond donors (Lipinski definition) is 1. The Morgan fingerprint density at radius 1 is 0.971 bits per heavy atom. The lowest BCUT2D eigenvalue weighted by atomic mass is 10.2. The third kappa shape index (κ3) is 5.65. The highest BCUT2D eigenvalue weighted by Gasteiger charge is 2.21. The Morgan fingerprint density at radius 3 is 2.26 bits per heavy atom. The van der Waals surface area contributed by atoms with Crippen LogP contribution in [0.25, 0.3) is 0 Å². The number of non-ortho nitro benzene ring substituents is 1. The fourth-order valence-electron chi connectivity index (χ4n) is 4.04. The number of nitrogens with zero attached hydrogens (tertiary/aromatic N) is 8. The first-order valence-corrected chi connectivity index (χ1v) is 12.4. The zero-order valence-corrected chi connectivity index (χ0v) is 19.9. The summed E-state index contributed by atoms with van der Waals surface area (Å²) in [7, 11) is 0. The number of rotatable bonds is 8. The molecule has 1 N–H and O–H groups in total. The number of pyridine rings is 1. The monoisotopic (exact) mass is 491 g/mol. The second kappa shape index (κ2) is 10.6. The number of hydrogen-bond acceptors (Lipinski definition) is 11. The van der Waals surface area contributed by atoms with Gasteiger partial charge in [0.1, 0.15) is 5.03 Å². The van der Waals surface area contributed by atoms with Crippen molar-refractivity contribution in [2.24, 2.45) is 5.10 Å². The summed E-state index contributed by atoms with van der Waals surface area (Å²) in [5.74, 6) is 1.65. The summed E-state index contributed by atoms with van der Waals surface area (Å²) in [5, 5.41) is 16.4. The lowest BCUT2D eigenvalue weighted by molar-refractivity contribution is -0.384. The molecule has 2 saturated heterocycles. The van der Waals surface area contributed by atoms with Crippen molar-refractivity contribution < 1.29 is 4.92 Å². The van der Waals surface area contributed by atoms with Crippen LogP contribution in [0.1, 0.15) is 31.2 Å². The maximum Gasteiger partial charge on any atom is 0.270 e. The molecule has 0 aliphatic carbocycles. The van der Waals surface area contributed by atoms with Gasteiger partial charge < -0.3 is 9.80 Å². The van der Waals surface area contributed by atoms with Crippen molar-refractivity contribution in [3.8, 4) is 0 Å². The van der Waals surface area contributed by atoms with Gasteiger partial charge >= 0.3 is 0 Å². The van der Waals surface area contributed by atoms with Crippen molar-refractivity contribution in [3.05, 3.63) is 58.3 Å². The van der Waals surface area contributed by atoms with Gasteiger partial charge in [0.05, 0.1) is 11.1 Å². The minimum absolute atomic E-state index is 0.00961. The molecule has 0 unspecified atom stereocenters. The Morgan fingerprint density at radius 2 is 1.66 bits per heavy atom. The largest absolute Gasteiger partial charge is 0.341 e. The molecule has 12 heteroatoms. The van der Waals surface area contributed by atoms with Crippen LogP contribution in [0.5, 0.6) is 0 Å². The molecule has 0 radical (unpaired) electrons. The molecule has 2 fully saturated rings. The fourth-order valence-corrected chi connectivity index (χ4v) is 4.89. The Hall–Kier alpha value is -3.80. The van der Waals surface area contributed by atoms with E-state index in [4.69, 9.17) is 4.98 Å². The van der Waals surface area contributed by atoms with E-state index in [0.717, 1.165) is 61.8 Å². The predicted molar refractivity (Wildman–Crippen MR) is 135 cm³/mol. The van der Waals surface area contributed by atoms with E-state index in [0.29, 0.717) is 23.4 Å². The molecular weight excluding hydrogens is 466 g/mol. The van der Waals surface area contributed by atoms with E-state index in [1.807, 2.05) is 18.2 Å². The number of anilines is 3. The van der Waals surface area contributed by atoms with Gasteiger partial charge in [-0.2, -0.15) is 20.1 Å². The zero-order chi connectivity index (χ0) is 24.0. The van der Waals surface area contributed by atoms with Gasteiger partial charge in [-0.15, -0.1) is 0 Å². The van der Waals surface area contributed by atoms with Crippen molar-refractivity contribution in [1.82, 2.24) is 19.9 Å². The van der Waals surface area contributed by atoms with Crippen LogP contribution in [-0.2, 0) is 0 Å². The van der Waals surface area contributed by atoms with Crippen LogP contribution < -0.4 is 15.2 Å². The van der Waals surface area contributed by atoms with E-state index in [1.54, 1.807) is 18.5 Å². The third-order valence-corrected chi connectivity index (χ3v) is 6.86. The molecule has 2 aromatic heterocycles. The van der Waals surface area contributed by atoms with Gasteiger partial charge in [-0.05, 0) is 43.9 Å². The highest BCUT2D eigenvalue weighted by Crippen LogP contribution is 2.30. The Labute approximate surface area is 206 Å². The summed E-state index contributed by atoms with van der Waals surface area (Å²) in [5.41, 5.74) is 3.50. The van der Waals surface area contributed by atoms with Gasteiger partial charge in [0.25, 0.3) is 5.69 Å². The predicted octanol–water partition coefficient (Wildman–Crippen LogP) is 3.97. The Balaban J connectivity index is 1.40. The minimum Gasteiger partial charge on any atom is -0.341 e. The molecule has 2 aliphatic rings. The van der Waals surface area contributed by atoms with Crippen molar-refractivity contribution >= 4 is 41.5 Å². The number of nitro groups is 1. The van der Waals surface area contributed by atoms with E-state index in [9.17, 15) is 10.1 Å². The molecule has 2 aliphatic heterocycles. The first-order chi connectivity index (χ1) is 17.2. The molecule has 0 amide bonds. The van der Waals surface area contributed by atoms with Gasteiger partial charge in [0.15, 0.2) is 0 Å². The lowest BCUT2D eigenvalue weighted by Crippen LogP contribution is -2.25. The lowest BCUT2D eigenvalue weighted by Gasteiger charge is -2.20. The van der Waals surface area contributed by atoms with E-state index in [1.165, 1.54) is 23.9 Å². The third-order valence-electron chi connectivity index (χ3n) is 5.81. The summed E-state index contributed by atoms with van der Waals surface area (Å²) < 4.78 is 0. The zero-order valence-electron chi connectivity index (χ0n) is 19.1. The smallest absolute Gasteiger partial charge is 0.270 e. The number of hydrazone groups is 1. The molecule has 0 atom stereocenters. The van der Waals surface area contributed by atoms with Crippen molar-refractivity contribution in [2.45, 2.75) is 35.6 Å². The SMILES string of the molecule is O=[N+]([O-])c1ccc(Sc2ccccn2)c(/C=N/Nc2nc(N3CCCC3)nc(N3CCCC3)n2)c1. The summed E-state index contributed by atoms with van der Waals surface area (Å²) in [6.07, 6.45) is 7.74. The summed E-state index contributed by atoms with van der Waals surface area (Å²) in [6, 6.07) is 10.3. The van der Waals surface area contributed by atoms with Crippen LogP contribution in [0, 0.1) is 10.1 Å². The first-order valence-electron chi connectivity index (χ1n) is 11.6. The quantitative estimate of drug-likeness (QED) is 0.281. The average molecular weight is 492 g/mol. The van der Waals surface area contributed by atoms with Crippen LogP contribution in [0.3, 0.4) is 0 Å². The molecular formula is C23H25N9O2S. The van der Waals surface area contributed by atoms with E-state index in [2.05, 4.69) is 35.3 Å². The summed E-state index contributed by atoms with van der Waals surface area (Å²) in [6.45, 7) is 3.70. The molecule has 0 saturated carbocycles. The number of benzene rings is 1. The van der Waals surface area contributed by atoms with Crippen molar-refractivity contribution in [3.63, 3.8) is 0 Å². The Bertz CT molecular complexity index is 1180. The molecule has 35 heavy (non-hydrogen) atoms. The number of nitro benzene ring substituents is 1. The van der Waals surface area contributed by atoms with Crippen LogP contribution in [0.15, 0.2) is 57.6 Å². The topological polar surface area (TPSA) is 126 Å². The van der Waals surface area contributed by atoms with Gasteiger partial charge in [-0.25, -0.2) is 10.4 Å². The van der Waals surface area contributed by atoms with Crippen molar-refractivity contribution in [2.75, 3.05) is 41.4 Å². The van der Waals surface area contributed by atoms with E-state index >= 15 is 0 Å². The van der Waals surface area contributed by atoms with Crippen LogP contribution in [0.2, 0.25) is 0 Å². The van der Waals surface area contributed by atoms with Crippen molar-refractivity contribution in [1.29, 1.82) is 0 Å². The second-order valence-electron chi connectivity index (χ2n) is 8.27. The average Bonchev–Trinajstić information content (AvgIpc) is 3.60. The molecule has 1 aromatic carbocycles. The number of nitrogens with one attached hydrogen (secondary N) is 1. The first kappa shape index (κ1) is 23.0. The van der Waals surface area contributed by atoms with E-state index < -0.39 is 4.92 Å². The molecule has 5 rings (SSSR count). The van der Waals surface area contributed by atoms with Crippen LogP contribution in [0.4, 0.5) is 23.5 Å². The molecule has 3 aromatic rings. The minimum atomic E-state index is -0.420. The highest BCUT2D eigenvalue weighted by molar-refractivity contribution is 7.99. The van der Waals surface area contributed by atoms with Crippen LogP contribution >= 0.6 is 11.8 Å². The maximum absolute atomic E-state index is 11.3. The fraction of sp³-hybridized carbons (Fsp3) is 0.348. The standard InChI is InChI=1S/C23H25N9O2S/c33-32(34)18-8-9-19(35-20-7-1-2-10-24-20)17(15-18)16-25-29-21-26-22(30-11-3-4-12-30)28-23(27-21)31-13-5-6-14-31/h1-2,7-10,15-16H,3-6,11-14H2,(H,26,27,28,29)/b25-16+. The molecule has 11 nitrogen and oxygen atoms in total. The highest BCUT2D eigenvalue weighted by atomic mass is 32.2. The van der Waals surface area contributed by atoms with Gasteiger partial charge in [0, 0.05) is 55.0 Å². The number of aromatic nitrogens is 4. The van der Waals surface area contributed by atoms with Gasteiger partial charge in [-0.1, -0.05) is 17.8 Å². The summed E-state index contributed by atoms with van der Waals surface area (Å²) >= 11 is 1.41. The molecule has 4 heterocycles. The Kier molecular flexibility index (Phi) is 6.98. The second-order valence-corrected chi connectivity index (χ2v) is 9.33. The van der Waals surface area contributed by atoms with Gasteiger partial charge in [-0.3, -0.25) is 10.1 Å². The maximum atomic E-state index is 11.3. The molecule has 0 spiro atoms. The molecule has 0 bridgehead atoms. The van der Waals surface area contributed by atoms with E-state index in [-0.39, 0.29) is 5.69 Å². The van der Waals surface area contributed by atoms with Crippen LogP contribution in [-0.4, -0.2) is 57.3 Å². The molecule has 180 valence electrons. The van der Waals surface area contributed by atoms with Gasteiger partial charge in [0.2, 0.25) is 17.8 Å². The summed E-state index contributed by atoms with van der Waals surface area (Å²) in [4.78, 5) is 34.2.